The molecule has 0 bridgehead atoms. The predicted octanol–water partition coefficient (Wildman–Crippen LogP) is -0.530. The average Bonchev–Trinajstić information content (AvgIpc) is 1.61. The van der Waals surface area contributed by atoms with Crippen molar-refractivity contribution < 1.29 is 4.79 Å². The molecule has 0 aliphatic rings. The van der Waals surface area contributed by atoms with E-state index in [0.717, 1.165) is 0 Å². The molecule has 0 heterocycles. The second kappa shape index (κ2) is 3.43. The lowest BCUT2D eigenvalue weighted by Crippen LogP contribution is -2.33. The molecule has 0 aliphatic heterocycles. The SMILES string of the molecule is CC(=O)NC[C@H](C)N. The van der Waals surface area contributed by atoms with Gasteiger partial charge in [-0.25, -0.2) is 0 Å². The van der Waals surface area contributed by atoms with E-state index < -0.39 is 0 Å². The normalized spacial score (nSPS) is 12.9. The van der Waals surface area contributed by atoms with Crippen LogP contribution in [0.25, 0.3) is 0 Å². The van der Waals surface area contributed by atoms with E-state index >= 15 is 0 Å². The van der Waals surface area contributed by atoms with Crippen LogP contribution in [-0.2, 0) is 4.79 Å². The fourth-order valence-corrected chi connectivity index (χ4v) is 0.305. The molecule has 0 aliphatic carbocycles. The first kappa shape index (κ1) is 7.43. The molecule has 1 amide bonds. The van der Waals surface area contributed by atoms with Gasteiger partial charge in [-0.2, -0.15) is 0 Å². The Balaban J connectivity index is 3.05. The Kier molecular flexibility index (Phi) is 3.19. The van der Waals surface area contributed by atoms with Gasteiger partial charge in [-0.3, -0.25) is 4.79 Å². The number of hydrogen-bond acceptors (Lipinski definition) is 2. The summed E-state index contributed by atoms with van der Waals surface area (Å²) in [6, 6.07) is 0.0545. The number of amides is 1. The zero-order chi connectivity index (χ0) is 6.57. The minimum absolute atomic E-state index is 0.0256. The van der Waals surface area contributed by atoms with Gasteiger partial charge in [0.1, 0.15) is 0 Å². The van der Waals surface area contributed by atoms with Crippen LogP contribution in [0.2, 0.25) is 0 Å². The molecule has 0 spiro atoms. The third-order valence-electron chi connectivity index (χ3n) is 0.673. The standard InChI is InChI=1S/C5H12N2O/c1-4(6)3-7-5(2)8/h4H,3,6H2,1-2H3,(H,7,8)/t4-/m0/s1. The van der Waals surface area contributed by atoms with E-state index in [-0.39, 0.29) is 11.9 Å². The van der Waals surface area contributed by atoms with E-state index in [9.17, 15) is 4.79 Å². The molecular weight excluding hydrogens is 104 g/mol. The van der Waals surface area contributed by atoms with E-state index in [0.29, 0.717) is 6.54 Å². The summed E-state index contributed by atoms with van der Waals surface area (Å²) < 4.78 is 0. The van der Waals surface area contributed by atoms with Crippen molar-refractivity contribution in [3.63, 3.8) is 0 Å². The zero-order valence-electron chi connectivity index (χ0n) is 5.27. The van der Waals surface area contributed by atoms with Gasteiger partial charge < -0.3 is 11.1 Å². The molecule has 0 saturated carbocycles. The highest BCUT2D eigenvalue weighted by molar-refractivity contribution is 5.72. The molecule has 3 heteroatoms. The number of nitrogens with one attached hydrogen (secondary N) is 1. The van der Waals surface area contributed by atoms with Crippen molar-refractivity contribution in [3.8, 4) is 0 Å². The van der Waals surface area contributed by atoms with Crippen molar-refractivity contribution in [2.24, 2.45) is 5.73 Å². The third kappa shape index (κ3) is 5.43. The van der Waals surface area contributed by atoms with Crippen LogP contribution in [0.1, 0.15) is 13.8 Å². The van der Waals surface area contributed by atoms with E-state index in [1.54, 1.807) is 0 Å². The number of nitrogens with two attached hydrogens (primary N) is 1. The van der Waals surface area contributed by atoms with Crippen LogP contribution in [0.4, 0.5) is 0 Å². The van der Waals surface area contributed by atoms with Crippen molar-refractivity contribution in [3.05, 3.63) is 0 Å². The zero-order valence-corrected chi connectivity index (χ0v) is 5.27. The average molecular weight is 116 g/mol. The number of carbonyl (C=O) groups excluding carboxylic acids is 1. The molecule has 3 nitrogen and oxygen atoms in total. The van der Waals surface area contributed by atoms with E-state index in [2.05, 4.69) is 5.32 Å². The van der Waals surface area contributed by atoms with Crippen LogP contribution >= 0.6 is 0 Å². The molecule has 8 heavy (non-hydrogen) atoms. The highest BCUT2D eigenvalue weighted by atomic mass is 16.1. The molecule has 0 fully saturated rings. The molecule has 0 saturated heterocycles. The molecule has 1 atom stereocenters. The van der Waals surface area contributed by atoms with Crippen LogP contribution in [0.15, 0.2) is 0 Å². The van der Waals surface area contributed by atoms with Crippen LogP contribution in [0, 0.1) is 0 Å². The highest BCUT2D eigenvalue weighted by Crippen LogP contribution is 1.68. The Hall–Kier alpha value is -0.570. The van der Waals surface area contributed by atoms with Crippen LogP contribution < -0.4 is 11.1 Å². The Morgan fingerprint density at radius 1 is 1.88 bits per heavy atom. The minimum atomic E-state index is -0.0256. The first-order valence-corrected chi connectivity index (χ1v) is 2.63. The third-order valence-corrected chi connectivity index (χ3v) is 0.673. The molecule has 0 aromatic carbocycles. The molecule has 3 N–H and O–H groups in total. The van der Waals surface area contributed by atoms with Crippen molar-refractivity contribution in [1.82, 2.24) is 5.32 Å². The van der Waals surface area contributed by atoms with Gasteiger partial charge in [0.15, 0.2) is 0 Å². The molecule has 48 valence electrons. The number of carbonyl (C=O) groups is 1. The first-order valence-electron chi connectivity index (χ1n) is 2.63. The Morgan fingerprint density at radius 2 is 2.38 bits per heavy atom. The molecule has 0 radical (unpaired) electrons. The van der Waals surface area contributed by atoms with Crippen molar-refractivity contribution in [2.45, 2.75) is 19.9 Å². The smallest absolute Gasteiger partial charge is 0.216 e. The van der Waals surface area contributed by atoms with E-state index in [4.69, 9.17) is 5.73 Å². The fourth-order valence-electron chi connectivity index (χ4n) is 0.305. The summed E-state index contributed by atoms with van der Waals surface area (Å²) in [6.45, 7) is 3.88. The monoisotopic (exact) mass is 116 g/mol. The van der Waals surface area contributed by atoms with Gasteiger partial charge in [-0.05, 0) is 6.92 Å². The Morgan fingerprint density at radius 3 is 2.50 bits per heavy atom. The van der Waals surface area contributed by atoms with Gasteiger partial charge in [0.2, 0.25) is 5.91 Å². The second-order valence-electron chi connectivity index (χ2n) is 1.91. The van der Waals surface area contributed by atoms with Crippen molar-refractivity contribution >= 4 is 5.91 Å². The molecular formula is C5H12N2O. The van der Waals surface area contributed by atoms with Crippen LogP contribution in [0.5, 0.6) is 0 Å². The summed E-state index contributed by atoms with van der Waals surface area (Å²) >= 11 is 0. The maximum atomic E-state index is 10.2. The summed E-state index contributed by atoms with van der Waals surface area (Å²) in [5.74, 6) is -0.0256. The largest absolute Gasteiger partial charge is 0.355 e. The number of rotatable bonds is 2. The number of hydrogen-bond donors (Lipinski definition) is 2. The lowest BCUT2D eigenvalue weighted by Gasteiger charge is -2.03. The second-order valence-corrected chi connectivity index (χ2v) is 1.91. The first-order chi connectivity index (χ1) is 3.63. The highest BCUT2D eigenvalue weighted by Gasteiger charge is 1.92. The lowest BCUT2D eigenvalue weighted by atomic mass is 10.4. The van der Waals surface area contributed by atoms with E-state index in [1.807, 2.05) is 6.92 Å². The van der Waals surface area contributed by atoms with Gasteiger partial charge in [0, 0.05) is 19.5 Å². The summed E-state index contributed by atoms with van der Waals surface area (Å²) in [5.41, 5.74) is 5.33. The maximum absolute atomic E-state index is 10.2. The summed E-state index contributed by atoms with van der Waals surface area (Å²) in [4.78, 5) is 10.2. The van der Waals surface area contributed by atoms with Gasteiger partial charge in [-0.1, -0.05) is 0 Å². The Labute approximate surface area is 49.3 Å². The predicted molar refractivity (Wildman–Crippen MR) is 32.3 cm³/mol. The van der Waals surface area contributed by atoms with Gasteiger partial charge >= 0.3 is 0 Å². The molecule has 0 aromatic heterocycles. The maximum Gasteiger partial charge on any atom is 0.216 e. The summed E-state index contributed by atoms with van der Waals surface area (Å²) in [7, 11) is 0. The minimum Gasteiger partial charge on any atom is -0.355 e. The molecule has 0 unspecified atom stereocenters. The van der Waals surface area contributed by atoms with Crippen LogP contribution in [-0.4, -0.2) is 18.5 Å². The Bertz CT molecular complexity index is 80.5. The topological polar surface area (TPSA) is 55.1 Å². The van der Waals surface area contributed by atoms with Gasteiger partial charge in [0.25, 0.3) is 0 Å². The summed E-state index contributed by atoms with van der Waals surface area (Å²) in [5, 5.41) is 2.58. The van der Waals surface area contributed by atoms with Gasteiger partial charge in [0.05, 0.1) is 0 Å². The lowest BCUT2D eigenvalue weighted by molar-refractivity contribution is -0.119. The quantitative estimate of drug-likeness (QED) is 0.509. The van der Waals surface area contributed by atoms with Crippen molar-refractivity contribution in [2.75, 3.05) is 6.54 Å². The van der Waals surface area contributed by atoms with Crippen molar-refractivity contribution in [1.29, 1.82) is 0 Å². The molecule has 0 aromatic rings. The van der Waals surface area contributed by atoms with Gasteiger partial charge in [-0.15, -0.1) is 0 Å². The van der Waals surface area contributed by atoms with Crippen LogP contribution in [0.3, 0.4) is 0 Å². The summed E-state index contributed by atoms with van der Waals surface area (Å²) in [6.07, 6.45) is 0. The van der Waals surface area contributed by atoms with E-state index in [1.165, 1.54) is 6.92 Å². The fraction of sp³-hybridized carbons (Fsp3) is 0.800. The molecule has 0 rings (SSSR count).